The van der Waals surface area contributed by atoms with Crippen molar-refractivity contribution in [1.82, 2.24) is 0 Å². The van der Waals surface area contributed by atoms with Crippen LogP contribution >= 0.6 is 31.4 Å². The molecule has 4 bridgehead atoms. The Morgan fingerprint density at radius 3 is 2.29 bits per heavy atom. The molecule has 7 nitrogen and oxygen atoms in total. The molecule has 5 aliphatic rings. The van der Waals surface area contributed by atoms with Crippen LogP contribution in [0.1, 0.15) is 37.7 Å². The first kappa shape index (κ1) is 19.7. The molecule has 1 spiro atoms. The van der Waals surface area contributed by atoms with Gasteiger partial charge in [-0.15, -0.1) is 0 Å². The van der Waals surface area contributed by atoms with Gasteiger partial charge in [0.2, 0.25) is 0 Å². The molecule has 156 valence electrons. The molecular weight excluding hydrogens is 430 g/mol. The molecule has 3 atom stereocenters. The predicted octanol–water partition coefficient (Wildman–Crippen LogP) is 3.42. The van der Waals surface area contributed by atoms with E-state index >= 15 is 0 Å². The minimum atomic E-state index is -4.81. The Kier molecular flexibility index (Phi) is 4.34. The molecule has 1 heterocycles. The quantitative estimate of drug-likeness (QED) is 0.365. The molecule has 4 saturated carbocycles. The van der Waals surface area contributed by atoms with Gasteiger partial charge in [0.25, 0.3) is 0 Å². The number of halogens is 2. The SMILES string of the molecule is COC1(c2ccc(Cl)c(O[PH](O)(O)O)c2)OOC12C1CC3CC2CC(Cl)(C3)C1. The normalized spacial score (nSPS) is 44.6. The zero-order valence-electron chi connectivity index (χ0n) is 15.2. The molecule has 1 saturated heterocycles. The van der Waals surface area contributed by atoms with Crippen LogP contribution in [0.5, 0.6) is 5.75 Å². The summed E-state index contributed by atoms with van der Waals surface area (Å²) in [5.74, 6) is -0.277. The van der Waals surface area contributed by atoms with Crippen LogP contribution in [0.4, 0.5) is 0 Å². The van der Waals surface area contributed by atoms with E-state index in [1.54, 1.807) is 19.2 Å². The van der Waals surface area contributed by atoms with E-state index in [1.165, 1.54) is 6.07 Å². The second-order valence-corrected chi connectivity index (χ2v) is 11.2. The van der Waals surface area contributed by atoms with Crippen LogP contribution in [-0.4, -0.2) is 32.3 Å². The van der Waals surface area contributed by atoms with Gasteiger partial charge in [0.15, 0.2) is 0 Å². The van der Waals surface area contributed by atoms with Crippen LogP contribution < -0.4 is 4.52 Å². The van der Waals surface area contributed by atoms with Gasteiger partial charge in [0, 0.05) is 0 Å². The minimum absolute atomic E-state index is 0.0574. The topological polar surface area (TPSA) is 97.6 Å². The first-order valence-corrected chi connectivity index (χ1v) is 11.9. The number of methoxy groups -OCH3 is 1. The summed E-state index contributed by atoms with van der Waals surface area (Å²) in [6.45, 7) is 0. The summed E-state index contributed by atoms with van der Waals surface area (Å²) in [5, 5.41) is 0.128. The van der Waals surface area contributed by atoms with Crippen LogP contribution in [0.2, 0.25) is 5.02 Å². The van der Waals surface area contributed by atoms with Gasteiger partial charge < -0.3 is 0 Å². The standard InChI is InChI=1S/C18H23Cl2O7P/c1-24-18(11-2-3-14(19)15(6-11)25-28(21,22)23)17(26-27-18)12-4-10-5-13(17)9-16(20,7-10)8-12/h2-3,6,10,12-13,21-23,28H,4-5,7-9H2,1H3. The Morgan fingerprint density at radius 1 is 1.11 bits per heavy atom. The molecule has 0 radical (unpaired) electrons. The van der Waals surface area contributed by atoms with Crippen molar-refractivity contribution in [3.63, 3.8) is 0 Å². The number of alkyl halides is 1. The summed E-state index contributed by atoms with van der Waals surface area (Å²) in [6.07, 6.45) is 4.75. The molecule has 0 aromatic heterocycles. The van der Waals surface area contributed by atoms with Gasteiger partial charge in [-0.25, -0.2) is 0 Å². The van der Waals surface area contributed by atoms with Crippen molar-refractivity contribution in [2.45, 2.75) is 48.4 Å². The molecule has 4 aliphatic carbocycles. The molecule has 5 fully saturated rings. The third-order valence-electron chi connectivity index (χ3n) is 6.98. The zero-order valence-corrected chi connectivity index (χ0v) is 17.7. The number of ether oxygens (including phenoxy) is 1. The van der Waals surface area contributed by atoms with Crippen molar-refractivity contribution in [3.05, 3.63) is 28.8 Å². The Bertz CT molecular complexity index is 796. The van der Waals surface area contributed by atoms with Gasteiger partial charge in [-0.3, -0.25) is 0 Å². The molecular formula is C18H23Cl2O7P. The van der Waals surface area contributed by atoms with Crippen molar-refractivity contribution in [2.24, 2.45) is 17.8 Å². The van der Waals surface area contributed by atoms with Crippen molar-refractivity contribution in [1.29, 1.82) is 0 Å². The van der Waals surface area contributed by atoms with Crippen LogP contribution in [0.15, 0.2) is 18.2 Å². The van der Waals surface area contributed by atoms with Crippen molar-refractivity contribution in [2.75, 3.05) is 7.11 Å². The van der Waals surface area contributed by atoms with E-state index in [4.69, 9.17) is 42.2 Å². The van der Waals surface area contributed by atoms with Gasteiger partial charge in [0.1, 0.15) is 0 Å². The van der Waals surface area contributed by atoms with E-state index in [0.29, 0.717) is 11.5 Å². The number of rotatable bonds is 4. The van der Waals surface area contributed by atoms with E-state index < -0.39 is 19.6 Å². The van der Waals surface area contributed by atoms with E-state index in [0.717, 1.165) is 32.1 Å². The summed E-state index contributed by atoms with van der Waals surface area (Å²) in [6, 6.07) is 4.78. The van der Waals surface area contributed by atoms with Crippen LogP contribution in [0, 0.1) is 17.8 Å². The molecule has 1 aliphatic heterocycles. The molecule has 1 aromatic carbocycles. The number of hydrogen-bond acceptors (Lipinski definition) is 7. The third-order valence-corrected chi connectivity index (χ3v) is 8.25. The van der Waals surface area contributed by atoms with Gasteiger partial charge in [-0.2, -0.15) is 0 Å². The van der Waals surface area contributed by atoms with Crippen molar-refractivity contribution in [3.8, 4) is 5.75 Å². The average molecular weight is 453 g/mol. The van der Waals surface area contributed by atoms with E-state index in [-0.39, 0.29) is 27.5 Å². The molecule has 3 N–H and O–H groups in total. The first-order valence-electron chi connectivity index (χ1n) is 9.38. The van der Waals surface area contributed by atoms with Gasteiger partial charge in [0.05, 0.1) is 0 Å². The maximum atomic E-state index is 9.32. The molecule has 0 amide bonds. The number of benzene rings is 1. The zero-order chi connectivity index (χ0) is 19.9. The summed E-state index contributed by atoms with van der Waals surface area (Å²) >= 11 is 13.0. The Hall–Kier alpha value is -0.210. The first-order chi connectivity index (χ1) is 13.1. The monoisotopic (exact) mass is 452 g/mol. The molecule has 6 rings (SSSR count). The second-order valence-electron chi connectivity index (χ2n) is 8.60. The summed E-state index contributed by atoms with van der Waals surface area (Å²) in [5.41, 5.74) is -0.0936. The fourth-order valence-electron chi connectivity index (χ4n) is 6.28. The summed E-state index contributed by atoms with van der Waals surface area (Å²) < 4.78 is 10.8. The molecule has 10 heteroatoms. The maximum absolute atomic E-state index is 9.32. The fourth-order valence-corrected chi connectivity index (χ4v) is 7.55. The second kappa shape index (κ2) is 6.16. The Labute approximate surface area is 173 Å². The van der Waals surface area contributed by atoms with E-state index in [9.17, 15) is 14.7 Å². The molecule has 3 unspecified atom stereocenters. The van der Waals surface area contributed by atoms with Crippen LogP contribution in [-0.2, 0) is 20.3 Å². The van der Waals surface area contributed by atoms with Gasteiger partial charge >= 0.3 is 173 Å². The summed E-state index contributed by atoms with van der Waals surface area (Å²) in [4.78, 5) is 39.3. The van der Waals surface area contributed by atoms with Crippen LogP contribution in [0.3, 0.4) is 0 Å². The van der Waals surface area contributed by atoms with E-state index in [2.05, 4.69) is 0 Å². The third kappa shape index (κ3) is 2.62. The Balaban J connectivity index is 1.57. The Morgan fingerprint density at radius 2 is 1.79 bits per heavy atom. The predicted molar refractivity (Wildman–Crippen MR) is 103 cm³/mol. The fraction of sp³-hybridized carbons (Fsp3) is 0.667. The molecule has 1 aromatic rings. The van der Waals surface area contributed by atoms with E-state index in [1.807, 2.05) is 0 Å². The average Bonchev–Trinajstić information content (AvgIpc) is 2.54. The van der Waals surface area contributed by atoms with Crippen molar-refractivity contribution >= 4 is 31.4 Å². The van der Waals surface area contributed by atoms with Crippen LogP contribution in [0.25, 0.3) is 0 Å². The molecule has 28 heavy (non-hydrogen) atoms. The van der Waals surface area contributed by atoms with Crippen molar-refractivity contribution < 1.29 is 33.7 Å². The number of hydrogen-bond donors (Lipinski definition) is 3. The van der Waals surface area contributed by atoms with Gasteiger partial charge in [-0.1, -0.05) is 0 Å². The summed E-state index contributed by atoms with van der Waals surface area (Å²) in [7, 11) is -3.25. The van der Waals surface area contributed by atoms with Gasteiger partial charge in [-0.05, 0) is 0 Å².